The van der Waals surface area contributed by atoms with Crippen LogP contribution >= 0.6 is 0 Å². The zero-order valence-corrected chi connectivity index (χ0v) is 10.7. The van der Waals surface area contributed by atoms with Gasteiger partial charge in [-0.3, -0.25) is 0 Å². The van der Waals surface area contributed by atoms with Crippen LogP contribution in [0.1, 0.15) is 18.9 Å². The quantitative estimate of drug-likeness (QED) is 0.799. The molecule has 0 aliphatic carbocycles. The molecule has 0 heterocycles. The third kappa shape index (κ3) is 3.37. The summed E-state index contributed by atoms with van der Waals surface area (Å²) in [7, 11) is 3.00. The van der Waals surface area contributed by atoms with E-state index in [1.54, 1.807) is 7.11 Å². The first-order chi connectivity index (χ1) is 8.12. The fourth-order valence-electron chi connectivity index (χ4n) is 1.59. The number of nitrogens with one attached hydrogen (secondary N) is 1. The minimum absolute atomic E-state index is 0.268. The molecule has 1 rings (SSSR count). The highest BCUT2D eigenvalue weighted by atomic mass is 16.5. The zero-order valence-electron chi connectivity index (χ0n) is 10.7. The molecule has 0 radical (unpaired) electrons. The topological polar surface area (TPSA) is 47.6 Å². The van der Waals surface area contributed by atoms with Gasteiger partial charge in [0.15, 0.2) is 0 Å². The van der Waals surface area contributed by atoms with Crippen molar-refractivity contribution < 1.29 is 14.3 Å². The molecule has 0 fully saturated rings. The summed E-state index contributed by atoms with van der Waals surface area (Å²) in [4.78, 5) is 11.5. The second-order valence-corrected chi connectivity index (χ2v) is 3.83. The monoisotopic (exact) mass is 237 g/mol. The third-order valence-corrected chi connectivity index (χ3v) is 2.58. The van der Waals surface area contributed by atoms with Crippen molar-refractivity contribution >= 4 is 11.7 Å². The summed E-state index contributed by atoms with van der Waals surface area (Å²) in [6, 6.07) is 5.44. The number of aryl methyl sites for hydroxylation is 1. The molecular formula is C13H19NO3. The molecule has 0 saturated carbocycles. The van der Waals surface area contributed by atoms with Crippen LogP contribution in [-0.4, -0.2) is 26.2 Å². The van der Waals surface area contributed by atoms with Crippen LogP contribution in [0.15, 0.2) is 18.2 Å². The molecular weight excluding hydrogens is 218 g/mol. The van der Waals surface area contributed by atoms with Crippen LogP contribution in [0.25, 0.3) is 0 Å². The van der Waals surface area contributed by atoms with Crippen LogP contribution in [0.3, 0.4) is 0 Å². The Hall–Kier alpha value is -1.71. The van der Waals surface area contributed by atoms with Crippen molar-refractivity contribution in [3.05, 3.63) is 23.8 Å². The lowest BCUT2D eigenvalue weighted by atomic mass is 10.1. The van der Waals surface area contributed by atoms with E-state index in [-0.39, 0.29) is 12.0 Å². The van der Waals surface area contributed by atoms with Gasteiger partial charge in [0.2, 0.25) is 0 Å². The maximum Gasteiger partial charge on any atom is 0.328 e. The van der Waals surface area contributed by atoms with Gasteiger partial charge in [0.1, 0.15) is 11.8 Å². The minimum atomic E-state index is -0.351. The fourth-order valence-corrected chi connectivity index (χ4v) is 1.59. The SMILES string of the molecule is CCC(Nc1cc(C)ccc1OC)C(=O)OC. The molecule has 0 aliphatic rings. The second kappa shape index (κ2) is 6.13. The number of esters is 1. The number of benzene rings is 1. The Morgan fingerprint density at radius 3 is 2.65 bits per heavy atom. The summed E-state index contributed by atoms with van der Waals surface area (Å²) in [5.74, 6) is 0.453. The van der Waals surface area contributed by atoms with E-state index in [0.717, 1.165) is 17.0 Å². The Morgan fingerprint density at radius 1 is 1.41 bits per heavy atom. The average molecular weight is 237 g/mol. The fraction of sp³-hybridized carbons (Fsp3) is 0.462. The smallest absolute Gasteiger partial charge is 0.328 e. The van der Waals surface area contributed by atoms with Gasteiger partial charge >= 0.3 is 5.97 Å². The number of carbonyl (C=O) groups excluding carboxylic acids is 1. The van der Waals surface area contributed by atoms with Crippen molar-refractivity contribution in [3.63, 3.8) is 0 Å². The molecule has 17 heavy (non-hydrogen) atoms. The molecule has 1 aromatic carbocycles. The Bertz CT molecular complexity index is 390. The van der Waals surface area contributed by atoms with Gasteiger partial charge in [0.05, 0.1) is 19.9 Å². The van der Waals surface area contributed by atoms with Crippen molar-refractivity contribution in [3.8, 4) is 5.75 Å². The lowest BCUT2D eigenvalue weighted by Gasteiger charge is -2.18. The van der Waals surface area contributed by atoms with Crippen LogP contribution in [0.5, 0.6) is 5.75 Å². The first kappa shape index (κ1) is 13.4. The first-order valence-electron chi connectivity index (χ1n) is 5.61. The molecule has 0 aromatic heterocycles. The number of ether oxygens (including phenoxy) is 2. The number of hydrogen-bond donors (Lipinski definition) is 1. The number of rotatable bonds is 5. The lowest BCUT2D eigenvalue weighted by molar-refractivity contribution is -0.141. The van der Waals surface area contributed by atoms with Gasteiger partial charge in [0.25, 0.3) is 0 Å². The van der Waals surface area contributed by atoms with E-state index in [0.29, 0.717) is 6.42 Å². The molecule has 1 aromatic rings. The number of methoxy groups -OCH3 is 2. The van der Waals surface area contributed by atoms with Crippen molar-refractivity contribution in [1.82, 2.24) is 0 Å². The largest absolute Gasteiger partial charge is 0.495 e. The van der Waals surface area contributed by atoms with Gasteiger partial charge in [-0.2, -0.15) is 0 Å². The molecule has 1 N–H and O–H groups in total. The van der Waals surface area contributed by atoms with Crippen molar-refractivity contribution in [2.45, 2.75) is 26.3 Å². The Morgan fingerprint density at radius 2 is 2.12 bits per heavy atom. The van der Waals surface area contributed by atoms with E-state index >= 15 is 0 Å². The number of carbonyl (C=O) groups is 1. The molecule has 4 nitrogen and oxygen atoms in total. The first-order valence-corrected chi connectivity index (χ1v) is 5.61. The van der Waals surface area contributed by atoms with Crippen molar-refractivity contribution in [2.24, 2.45) is 0 Å². The molecule has 0 saturated heterocycles. The highest BCUT2D eigenvalue weighted by molar-refractivity contribution is 5.80. The van der Waals surface area contributed by atoms with Crippen LogP contribution < -0.4 is 10.1 Å². The average Bonchev–Trinajstić information content (AvgIpc) is 2.35. The van der Waals surface area contributed by atoms with Crippen LogP contribution in [-0.2, 0) is 9.53 Å². The van der Waals surface area contributed by atoms with Gasteiger partial charge in [-0.15, -0.1) is 0 Å². The van der Waals surface area contributed by atoms with E-state index in [4.69, 9.17) is 9.47 Å². The molecule has 0 amide bonds. The van der Waals surface area contributed by atoms with Gasteiger partial charge < -0.3 is 14.8 Å². The van der Waals surface area contributed by atoms with Gasteiger partial charge in [-0.25, -0.2) is 4.79 Å². The second-order valence-electron chi connectivity index (χ2n) is 3.83. The highest BCUT2D eigenvalue weighted by Crippen LogP contribution is 2.26. The van der Waals surface area contributed by atoms with Gasteiger partial charge in [-0.1, -0.05) is 13.0 Å². The third-order valence-electron chi connectivity index (χ3n) is 2.58. The Balaban J connectivity index is 2.92. The number of anilines is 1. The van der Waals surface area contributed by atoms with E-state index < -0.39 is 0 Å². The van der Waals surface area contributed by atoms with Gasteiger partial charge in [-0.05, 0) is 31.0 Å². The standard InChI is InChI=1S/C13H19NO3/c1-5-10(13(15)17-4)14-11-8-9(2)6-7-12(11)16-3/h6-8,10,14H,5H2,1-4H3. The van der Waals surface area contributed by atoms with Crippen molar-refractivity contribution in [2.75, 3.05) is 19.5 Å². The molecule has 0 spiro atoms. The van der Waals surface area contributed by atoms with Crippen LogP contribution in [0.2, 0.25) is 0 Å². The van der Waals surface area contributed by atoms with E-state index in [9.17, 15) is 4.79 Å². The predicted molar refractivity (Wildman–Crippen MR) is 67.4 cm³/mol. The minimum Gasteiger partial charge on any atom is -0.495 e. The number of hydrogen-bond acceptors (Lipinski definition) is 4. The maximum atomic E-state index is 11.5. The molecule has 4 heteroatoms. The summed E-state index contributed by atoms with van der Waals surface area (Å²) >= 11 is 0. The maximum absolute atomic E-state index is 11.5. The molecule has 0 bridgehead atoms. The molecule has 1 atom stereocenters. The summed E-state index contributed by atoms with van der Waals surface area (Å²) in [6.07, 6.45) is 0.657. The lowest BCUT2D eigenvalue weighted by Crippen LogP contribution is -2.30. The van der Waals surface area contributed by atoms with Crippen molar-refractivity contribution in [1.29, 1.82) is 0 Å². The van der Waals surface area contributed by atoms with Crippen LogP contribution in [0, 0.1) is 6.92 Å². The predicted octanol–water partition coefficient (Wildman–Crippen LogP) is 2.37. The van der Waals surface area contributed by atoms with Gasteiger partial charge in [0, 0.05) is 0 Å². The molecule has 0 aliphatic heterocycles. The molecule has 94 valence electrons. The zero-order chi connectivity index (χ0) is 12.8. The molecule has 1 unspecified atom stereocenters. The highest BCUT2D eigenvalue weighted by Gasteiger charge is 2.18. The van der Waals surface area contributed by atoms with E-state index in [2.05, 4.69) is 5.32 Å². The summed E-state index contributed by atoms with van der Waals surface area (Å²) < 4.78 is 9.98. The van der Waals surface area contributed by atoms with E-state index in [1.807, 2.05) is 32.0 Å². The van der Waals surface area contributed by atoms with E-state index in [1.165, 1.54) is 7.11 Å². The normalized spacial score (nSPS) is 11.8. The summed E-state index contributed by atoms with van der Waals surface area (Å²) in [5, 5.41) is 3.14. The Kier molecular flexibility index (Phi) is 4.82. The summed E-state index contributed by atoms with van der Waals surface area (Å²) in [6.45, 7) is 3.92. The van der Waals surface area contributed by atoms with Crippen LogP contribution in [0.4, 0.5) is 5.69 Å². The summed E-state index contributed by atoms with van der Waals surface area (Å²) in [5.41, 5.74) is 1.91. The Labute approximate surface area is 102 Å².